The standard InChI is InChI=1S/C21H24N2O4S/c1-15-7-8-18(28(25,26)22-9-11-27-12-10-22)14-19(15)21(24)23-16(2)13-17-5-3-4-6-20(17)23/h3-8,14,16H,9-13H2,1-2H3/t16-/m0/s1. The molecule has 1 fully saturated rings. The average Bonchev–Trinajstić information content (AvgIpc) is 3.04. The van der Waals surface area contributed by atoms with Gasteiger partial charge in [-0.25, -0.2) is 8.42 Å². The van der Waals surface area contributed by atoms with Crippen molar-refractivity contribution in [3.63, 3.8) is 0 Å². The lowest BCUT2D eigenvalue weighted by Crippen LogP contribution is -2.40. The molecule has 0 saturated carbocycles. The van der Waals surface area contributed by atoms with Crippen LogP contribution in [-0.4, -0.2) is 51.0 Å². The Morgan fingerprint density at radius 3 is 2.57 bits per heavy atom. The van der Waals surface area contributed by atoms with E-state index >= 15 is 0 Å². The van der Waals surface area contributed by atoms with Crippen molar-refractivity contribution < 1.29 is 17.9 Å². The summed E-state index contributed by atoms with van der Waals surface area (Å²) in [6, 6.07) is 12.7. The van der Waals surface area contributed by atoms with Crippen molar-refractivity contribution in [3.05, 3.63) is 59.2 Å². The minimum Gasteiger partial charge on any atom is -0.379 e. The molecule has 1 saturated heterocycles. The van der Waals surface area contributed by atoms with E-state index in [2.05, 4.69) is 0 Å². The van der Waals surface area contributed by atoms with Crippen LogP contribution in [0.5, 0.6) is 0 Å². The van der Waals surface area contributed by atoms with Gasteiger partial charge in [-0.1, -0.05) is 24.3 Å². The number of sulfonamides is 1. The highest BCUT2D eigenvalue weighted by Gasteiger charge is 2.33. The number of hydrogen-bond donors (Lipinski definition) is 0. The predicted octanol–water partition coefficient (Wildman–Crippen LogP) is 2.61. The molecule has 2 aliphatic rings. The van der Waals surface area contributed by atoms with Gasteiger partial charge in [0.1, 0.15) is 0 Å². The maximum absolute atomic E-state index is 13.4. The van der Waals surface area contributed by atoms with Crippen LogP contribution in [0, 0.1) is 6.92 Å². The Hall–Kier alpha value is -2.22. The average molecular weight is 401 g/mol. The Morgan fingerprint density at radius 1 is 1.11 bits per heavy atom. The van der Waals surface area contributed by atoms with E-state index in [0.717, 1.165) is 23.2 Å². The zero-order valence-corrected chi connectivity index (χ0v) is 16.9. The van der Waals surface area contributed by atoms with Crippen LogP contribution < -0.4 is 4.90 Å². The molecule has 148 valence electrons. The van der Waals surface area contributed by atoms with Gasteiger partial charge < -0.3 is 9.64 Å². The summed E-state index contributed by atoms with van der Waals surface area (Å²) >= 11 is 0. The van der Waals surface area contributed by atoms with E-state index in [4.69, 9.17) is 4.74 Å². The molecule has 7 heteroatoms. The first-order valence-electron chi connectivity index (χ1n) is 9.49. The molecule has 2 aliphatic heterocycles. The van der Waals surface area contributed by atoms with Gasteiger partial charge in [-0.15, -0.1) is 0 Å². The van der Waals surface area contributed by atoms with Gasteiger partial charge >= 0.3 is 0 Å². The highest BCUT2D eigenvalue weighted by Crippen LogP contribution is 2.34. The molecule has 6 nitrogen and oxygen atoms in total. The van der Waals surface area contributed by atoms with Crippen LogP contribution in [0.2, 0.25) is 0 Å². The Kier molecular flexibility index (Phi) is 4.99. The van der Waals surface area contributed by atoms with Crippen LogP contribution in [0.25, 0.3) is 0 Å². The summed E-state index contributed by atoms with van der Waals surface area (Å²) in [6.45, 7) is 5.29. The zero-order chi connectivity index (χ0) is 19.9. The number of amides is 1. The number of aryl methyl sites for hydroxylation is 1. The third-order valence-electron chi connectivity index (χ3n) is 5.47. The molecule has 2 aromatic rings. The third kappa shape index (κ3) is 3.23. The largest absolute Gasteiger partial charge is 0.379 e. The van der Waals surface area contributed by atoms with Gasteiger partial charge in [0.25, 0.3) is 5.91 Å². The van der Waals surface area contributed by atoms with E-state index in [1.54, 1.807) is 17.0 Å². The molecule has 0 aromatic heterocycles. The van der Waals surface area contributed by atoms with Gasteiger partial charge in [0.2, 0.25) is 10.0 Å². The van der Waals surface area contributed by atoms with E-state index in [9.17, 15) is 13.2 Å². The Morgan fingerprint density at radius 2 is 1.82 bits per heavy atom. The molecule has 28 heavy (non-hydrogen) atoms. The van der Waals surface area contributed by atoms with Crippen molar-refractivity contribution in [2.75, 3.05) is 31.2 Å². The van der Waals surface area contributed by atoms with E-state index in [1.165, 1.54) is 10.4 Å². The van der Waals surface area contributed by atoms with Crippen molar-refractivity contribution in [1.29, 1.82) is 0 Å². The van der Waals surface area contributed by atoms with Crippen molar-refractivity contribution in [2.24, 2.45) is 0 Å². The fourth-order valence-electron chi connectivity index (χ4n) is 3.93. The highest BCUT2D eigenvalue weighted by atomic mass is 32.2. The molecule has 4 rings (SSSR count). The van der Waals surface area contributed by atoms with Gasteiger partial charge in [0.15, 0.2) is 0 Å². The van der Waals surface area contributed by atoms with Crippen molar-refractivity contribution in [2.45, 2.75) is 31.2 Å². The Labute approximate surface area is 165 Å². The molecule has 0 bridgehead atoms. The van der Waals surface area contributed by atoms with Crippen LogP contribution in [0.4, 0.5) is 5.69 Å². The number of carbonyl (C=O) groups excluding carboxylic acids is 1. The van der Waals surface area contributed by atoms with Crippen molar-refractivity contribution in [1.82, 2.24) is 4.31 Å². The van der Waals surface area contributed by atoms with E-state index in [1.807, 2.05) is 38.1 Å². The lowest BCUT2D eigenvalue weighted by molar-refractivity contribution is 0.0730. The summed E-state index contributed by atoms with van der Waals surface area (Å²) in [7, 11) is -3.65. The SMILES string of the molecule is Cc1ccc(S(=O)(=O)N2CCOCC2)cc1C(=O)N1c2ccccc2C[C@@H]1C. The fourth-order valence-corrected chi connectivity index (χ4v) is 5.37. The topological polar surface area (TPSA) is 66.9 Å². The lowest BCUT2D eigenvalue weighted by Gasteiger charge is -2.27. The number of rotatable bonds is 3. The summed E-state index contributed by atoms with van der Waals surface area (Å²) in [5.41, 5.74) is 3.24. The zero-order valence-electron chi connectivity index (χ0n) is 16.1. The molecule has 0 N–H and O–H groups in total. The summed E-state index contributed by atoms with van der Waals surface area (Å²) in [6.07, 6.45) is 0.798. The third-order valence-corrected chi connectivity index (χ3v) is 7.37. The predicted molar refractivity (Wildman–Crippen MR) is 107 cm³/mol. The summed E-state index contributed by atoms with van der Waals surface area (Å²) < 4.78 is 32.7. The second kappa shape index (κ2) is 7.31. The minimum absolute atomic E-state index is 0.0313. The number of nitrogens with zero attached hydrogens (tertiary/aromatic N) is 2. The minimum atomic E-state index is -3.65. The van der Waals surface area contributed by atoms with E-state index < -0.39 is 10.0 Å². The van der Waals surface area contributed by atoms with Crippen LogP contribution in [0.3, 0.4) is 0 Å². The van der Waals surface area contributed by atoms with Gasteiger partial charge in [-0.05, 0) is 49.6 Å². The quantitative estimate of drug-likeness (QED) is 0.794. The molecule has 2 heterocycles. The first kappa shape index (κ1) is 19.1. The number of hydrogen-bond acceptors (Lipinski definition) is 4. The summed E-state index contributed by atoms with van der Waals surface area (Å²) in [5.74, 6) is -0.158. The second-order valence-corrected chi connectivity index (χ2v) is 9.29. The number of ether oxygens (including phenoxy) is 1. The van der Waals surface area contributed by atoms with Crippen LogP contribution in [0.1, 0.15) is 28.4 Å². The van der Waals surface area contributed by atoms with Gasteiger partial charge in [0, 0.05) is 30.4 Å². The van der Waals surface area contributed by atoms with E-state index in [-0.39, 0.29) is 16.8 Å². The maximum atomic E-state index is 13.4. The maximum Gasteiger partial charge on any atom is 0.258 e. The number of para-hydroxylation sites is 1. The van der Waals surface area contributed by atoms with Crippen molar-refractivity contribution in [3.8, 4) is 0 Å². The highest BCUT2D eigenvalue weighted by molar-refractivity contribution is 7.89. The molecule has 1 atom stereocenters. The first-order chi connectivity index (χ1) is 13.4. The summed E-state index contributed by atoms with van der Waals surface area (Å²) in [4.78, 5) is 15.3. The molecule has 0 unspecified atom stereocenters. The fraction of sp³-hybridized carbons (Fsp3) is 0.381. The normalized spacial score (nSPS) is 20.2. The molecular formula is C21H24N2O4S. The lowest BCUT2D eigenvalue weighted by atomic mass is 10.1. The van der Waals surface area contributed by atoms with Crippen LogP contribution in [-0.2, 0) is 21.2 Å². The first-order valence-corrected chi connectivity index (χ1v) is 10.9. The molecule has 1 amide bonds. The molecule has 0 spiro atoms. The van der Waals surface area contributed by atoms with Crippen LogP contribution in [0.15, 0.2) is 47.4 Å². The molecular weight excluding hydrogens is 376 g/mol. The van der Waals surface area contributed by atoms with Gasteiger partial charge in [-0.2, -0.15) is 4.31 Å². The number of benzene rings is 2. The number of fused-ring (bicyclic) bond motifs is 1. The monoisotopic (exact) mass is 400 g/mol. The second-order valence-electron chi connectivity index (χ2n) is 7.35. The number of carbonyl (C=O) groups is 1. The number of anilines is 1. The Balaban J connectivity index is 1.71. The van der Waals surface area contributed by atoms with Gasteiger partial charge in [-0.3, -0.25) is 4.79 Å². The van der Waals surface area contributed by atoms with Crippen LogP contribution >= 0.6 is 0 Å². The smallest absolute Gasteiger partial charge is 0.258 e. The Bertz CT molecular complexity index is 1010. The molecule has 2 aromatic carbocycles. The van der Waals surface area contributed by atoms with Gasteiger partial charge in [0.05, 0.1) is 18.1 Å². The number of morpholine rings is 1. The van der Waals surface area contributed by atoms with Crippen molar-refractivity contribution >= 4 is 21.6 Å². The van der Waals surface area contributed by atoms with E-state index in [0.29, 0.717) is 31.9 Å². The summed E-state index contributed by atoms with van der Waals surface area (Å²) in [5, 5.41) is 0. The molecule has 0 aliphatic carbocycles. The molecule has 0 radical (unpaired) electrons.